The Morgan fingerprint density at radius 2 is 1.23 bits per heavy atom. The normalized spacial score (nSPS) is 11.7. The third-order valence-electron chi connectivity index (χ3n) is 7.36. The predicted octanol–water partition coefficient (Wildman–Crippen LogP) is 7.00. The second kappa shape index (κ2) is 25.5. The van der Waals surface area contributed by atoms with Crippen molar-refractivity contribution < 1.29 is 14.4 Å². The molecular weight excluding hydrogens is 500 g/mol. The largest absolute Gasteiger partial charge is 0.356 e. The number of nitrogens with one attached hydrogen (secondary N) is 3. The van der Waals surface area contributed by atoms with Crippen LogP contribution in [0.2, 0.25) is 0 Å². The van der Waals surface area contributed by atoms with E-state index in [-0.39, 0.29) is 17.7 Å². The maximum atomic E-state index is 12.1. The quantitative estimate of drug-likeness (QED) is 0.107. The van der Waals surface area contributed by atoms with Crippen molar-refractivity contribution in [3.8, 4) is 0 Å². The van der Waals surface area contributed by atoms with E-state index in [9.17, 15) is 14.4 Å². The minimum Gasteiger partial charge on any atom is -0.356 e. The Bertz CT molecular complexity index is 772. The van der Waals surface area contributed by atoms with Gasteiger partial charge in [-0.1, -0.05) is 97.0 Å². The fraction of sp³-hybridized carbons (Fsp3) is 0.758. The molecule has 7 nitrogen and oxygen atoms in total. The summed E-state index contributed by atoms with van der Waals surface area (Å²) >= 11 is 0. The number of hydrogen-bond donors (Lipinski definition) is 3. The van der Waals surface area contributed by atoms with Crippen LogP contribution < -0.4 is 16.0 Å². The van der Waals surface area contributed by atoms with Crippen LogP contribution in [0.4, 0.5) is 0 Å². The molecule has 0 saturated carbocycles. The van der Waals surface area contributed by atoms with Crippen LogP contribution in [-0.4, -0.2) is 35.8 Å². The van der Waals surface area contributed by atoms with Crippen molar-refractivity contribution in [2.75, 3.05) is 13.1 Å². The number of carbonyl (C=O) groups excluding carboxylic acids is 3. The van der Waals surface area contributed by atoms with Crippen molar-refractivity contribution in [1.82, 2.24) is 20.9 Å². The van der Waals surface area contributed by atoms with Gasteiger partial charge in [0.25, 0.3) is 0 Å². The zero-order chi connectivity index (χ0) is 29.1. The summed E-state index contributed by atoms with van der Waals surface area (Å²) in [7, 11) is 0. The Balaban J connectivity index is 1.84. The van der Waals surface area contributed by atoms with Crippen LogP contribution in [-0.2, 0) is 20.9 Å². The Morgan fingerprint density at radius 3 is 1.82 bits per heavy atom. The smallest absolute Gasteiger partial charge is 0.220 e. The van der Waals surface area contributed by atoms with Gasteiger partial charge in [-0.25, -0.2) is 0 Å². The molecule has 0 aliphatic rings. The fourth-order valence-corrected chi connectivity index (χ4v) is 4.67. The van der Waals surface area contributed by atoms with Crippen molar-refractivity contribution in [3.05, 3.63) is 30.1 Å². The van der Waals surface area contributed by atoms with Gasteiger partial charge in [0.1, 0.15) is 0 Å². The Labute approximate surface area is 244 Å². The van der Waals surface area contributed by atoms with Crippen molar-refractivity contribution in [3.63, 3.8) is 0 Å². The van der Waals surface area contributed by atoms with Gasteiger partial charge in [-0.2, -0.15) is 0 Å². The molecule has 1 atom stereocenters. The molecule has 0 bridgehead atoms. The predicted molar refractivity (Wildman–Crippen MR) is 165 cm³/mol. The molecule has 3 amide bonds. The lowest BCUT2D eigenvalue weighted by atomic mass is 10.0. The second-order valence-corrected chi connectivity index (χ2v) is 11.3. The molecule has 0 aliphatic heterocycles. The summed E-state index contributed by atoms with van der Waals surface area (Å²) in [5.74, 6) is 0.669. The van der Waals surface area contributed by atoms with Crippen LogP contribution in [0.25, 0.3) is 0 Å². The molecule has 1 rings (SSSR count). The molecule has 1 aromatic rings. The van der Waals surface area contributed by atoms with E-state index in [1.54, 1.807) is 6.20 Å². The first-order valence-corrected chi connectivity index (χ1v) is 16.2. The van der Waals surface area contributed by atoms with E-state index in [4.69, 9.17) is 0 Å². The minimum absolute atomic E-state index is 0.100. The fourth-order valence-electron chi connectivity index (χ4n) is 4.67. The van der Waals surface area contributed by atoms with Gasteiger partial charge < -0.3 is 16.0 Å². The summed E-state index contributed by atoms with van der Waals surface area (Å²) in [6.45, 7) is 6.22. The topological polar surface area (TPSA) is 100 Å². The zero-order valence-electron chi connectivity index (χ0n) is 25.6. The highest BCUT2D eigenvalue weighted by atomic mass is 16.2. The molecule has 1 aromatic heterocycles. The van der Waals surface area contributed by atoms with Crippen LogP contribution in [0.1, 0.15) is 142 Å². The number of unbranched alkanes of at least 4 members (excludes halogenated alkanes) is 13. The van der Waals surface area contributed by atoms with E-state index in [1.165, 1.54) is 57.8 Å². The standard InChI is InChI=1S/C33H58N4O3/c1-3-4-5-6-9-12-15-21-31(38)36-27-29(2)23-24-33(40)35-26-18-14-11-8-7-10-13-16-22-32(39)37-28-30-20-17-19-25-34-30/h17,19-20,25,29H,3-16,18,21-24,26-28H2,1-2H3,(H,35,40)(H,36,38)(H,37,39). The number of aromatic nitrogens is 1. The van der Waals surface area contributed by atoms with Gasteiger partial charge in [0.05, 0.1) is 12.2 Å². The molecule has 3 N–H and O–H groups in total. The summed E-state index contributed by atoms with van der Waals surface area (Å²) < 4.78 is 0. The molecule has 0 aliphatic carbocycles. The van der Waals surface area contributed by atoms with Crippen LogP contribution in [0, 0.1) is 5.92 Å². The first kappa shape index (κ1) is 35.6. The molecular formula is C33H58N4O3. The molecule has 0 fully saturated rings. The third-order valence-corrected chi connectivity index (χ3v) is 7.36. The number of rotatable bonds is 26. The molecule has 7 heteroatoms. The van der Waals surface area contributed by atoms with Crippen LogP contribution >= 0.6 is 0 Å². The summed E-state index contributed by atoms with van der Waals surface area (Å²) in [6, 6.07) is 5.71. The highest BCUT2D eigenvalue weighted by Crippen LogP contribution is 2.11. The second-order valence-electron chi connectivity index (χ2n) is 11.3. The maximum absolute atomic E-state index is 12.1. The lowest BCUT2D eigenvalue weighted by Gasteiger charge is -2.13. The molecule has 1 unspecified atom stereocenters. The maximum Gasteiger partial charge on any atom is 0.220 e. The monoisotopic (exact) mass is 558 g/mol. The van der Waals surface area contributed by atoms with Crippen LogP contribution in [0.5, 0.6) is 0 Å². The third kappa shape index (κ3) is 22.4. The van der Waals surface area contributed by atoms with E-state index in [2.05, 4.69) is 34.8 Å². The van der Waals surface area contributed by atoms with E-state index in [1.807, 2.05) is 18.2 Å². The Kier molecular flexibility index (Phi) is 22.7. The molecule has 0 aromatic carbocycles. The van der Waals surface area contributed by atoms with Gasteiger partial charge in [0.2, 0.25) is 17.7 Å². The Morgan fingerprint density at radius 1 is 0.675 bits per heavy atom. The number of carbonyl (C=O) groups is 3. The number of nitrogens with zero attached hydrogens (tertiary/aromatic N) is 1. The average Bonchev–Trinajstić information content (AvgIpc) is 2.96. The number of amides is 3. The molecule has 1 heterocycles. The van der Waals surface area contributed by atoms with Gasteiger partial charge >= 0.3 is 0 Å². The molecule has 40 heavy (non-hydrogen) atoms. The zero-order valence-corrected chi connectivity index (χ0v) is 25.6. The van der Waals surface area contributed by atoms with E-state index in [0.29, 0.717) is 38.3 Å². The van der Waals surface area contributed by atoms with E-state index < -0.39 is 0 Å². The van der Waals surface area contributed by atoms with Crippen LogP contribution in [0.15, 0.2) is 24.4 Å². The Hall–Kier alpha value is -2.44. The van der Waals surface area contributed by atoms with E-state index >= 15 is 0 Å². The van der Waals surface area contributed by atoms with Gasteiger partial charge in [-0.3, -0.25) is 19.4 Å². The van der Waals surface area contributed by atoms with Gasteiger partial charge in [-0.05, 0) is 43.7 Å². The summed E-state index contributed by atoms with van der Waals surface area (Å²) in [5.41, 5.74) is 0.885. The minimum atomic E-state index is 0.100. The number of hydrogen-bond acceptors (Lipinski definition) is 4. The highest BCUT2D eigenvalue weighted by molar-refractivity contribution is 5.76. The molecule has 0 saturated heterocycles. The SMILES string of the molecule is CCCCCCCCCC(=O)NCC(C)CCC(=O)NCCCCCCCCCCC(=O)NCc1ccccn1. The van der Waals surface area contributed by atoms with Crippen molar-refractivity contribution in [2.24, 2.45) is 5.92 Å². The first-order chi connectivity index (χ1) is 19.5. The van der Waals surface area contributed by atoms with E-state index in [0.717, 1.165) is 57.2 Å². The van der Waals surface area contributed by atoms with Gasteiger partial charge in [0.15, 0.2) is 0 Å². The van der Waals surface area contributed by atoms with Crippen molar-refractivity contribution >= 4 is 17.7 Å². The average molecular weight is 559 g/mol. The first-order valence-electron chi connectivity index (χ1n) is 16.2. The summed E-state index contributed by atoms with van der Waals surface area (Å²) in [5, 5.41) is 8.99. The highest BCUT2D eigenvalue weighted by Gasteiger charge is 2.09. The summed E-state index contributed by atoms with van der Waals surface area (Å²) in [6.07, 6.45) is 21.8. The molecule has 0 spiro atoms. The van der Waals surface area contributed by atoms with Gasteiger partial charge in [0, 0.05) is 38.5 Å². The van der Waals surface area contributed by atoms with Crippen LogP contribution in [0.3, 0.4) is 0 Å². The molecule has 228 valence electrons. The lowest BCUT2D eigenvalue weighted by molar-refractivity contribution is -0.122. The van der Waals surface area contributed by atoms with Crippen molar-refractivity contribution in [2.45, 2.75) is 142 Å². The molecule has 0 radical (unpaired) electrons. The summed E-state index contributed by atoms with van der Waals surface area (Å²) in [4.78, 5) is 40.3. The number of pyridine rings is 1. The lowest BCUT2D eigenvalue weighted by Crippen LogP contribution is -2.29. The van der Waals surface area contributed by atoms with Gasteiger partial charge in [-0.15, -0.1) is 0 Å². The van der Waals surface area contributed by atoms with Crippen molar-refractivity contribution in [1.29, 1.82) is 0 Å².